The van der Waals surface area contributed by atoms with Crippen LogP contribution < -0.4 is 9.62 Å². The van der Waals surface area contributed by atoms with Gasteiger partial charge in [0.05, 0.1) is 15.6 Å². The molecule has 3 aromatic rings. The number of aryl methyl sites for hydroxylation is 1. The van der Waals surface area contributed by atoms with Crippen molar-refractivity contribution in [2.45, 2.75) is 51.1 Å². The predicted octanol–water partition coefficient (Wildman–Crippen LogP) is 5.83. The molecule has 1 atom stereocenters. The minimum Gasteiger partial charge on any atom is -0.354 e. The molecule has 0 spiro atoms. The van der Waals surface area contributed by atoms with Gasteiger partial charge < -0.3 is 10.2 Å². The third kappa shape index (κ3) is 7.75. The molecule has 0 radical (unpaired) electrons. The van der Waals surface area contributed by atoms with E-state index in [0.717, 1.165) is 21.9 Å². The highest BCUT2D eigenvalue weighted by Gasteiger charge is 2.34. The molecule has 0 aromatic heterocycles. The Kier molecular flexibility index (Phi) is 10.8. The summed E-state index contributed by atoms with van der Waals surface area (Å²) in [4.78, 5) is 28.5. The smallest absolute Gasteiger partial charge is 0.264 e. The monoisotopic (exact) mass is 589 g/mol. The molecule has 0 saturated carbocycles. The molecule has 208 valence electrons. The van der Waals surface area contributed by atoms with Gasteiger partial charge in [-0.25, -0.2) is 8.42 Å². The van der Waals surface area contributed by atoms with Crippen LogP contribution in [0.25, 0.3) is 0 Å². The van der Waals surface area contributed by atoms with Gasteiger partial charge >= 0.3 is 0 Å². The van der Waals surface area contributed by atoms with Crippen LogP contribution >= 0.6 is 23.2 Å². The van der Waals surface area contributed by atoms with Gasteiger partial charge in [0.1, 0.15) is 12.6 Å². The summed E-state index contributed by atoms with van der Waals surface area (Å²) < 4.78 is 28.8. The molecule has 1 unspecified atom stereocenters. The maximum absolute atomic E-state index is 14.0. The van der Waals surface area contributed by atoms with E-state index in [2.05, 4.69) is 5.32 Å². The van der Waals surface area contributed by atoms with Crippen molar-refractivity contribution >= 4 is 50.7 Å². The van der Waals surface area contributed by atoms with Gasteiger partial charge in [-0.3, -0.25) is 13.9 Å². The SMILES string of the molecule is CCCNC(=O)C(CC)N(Cc1ccccc1)C(=O)CN(c1cc(Cl)ccc1Cl)S(=O)(=O)c1ccc(C)cc1. The Morgan fingerprint density at radius 1 is 0.949 bits per heavy atom. The second-order valence-electron chi connectivity index (χ2n) is 9.14. The highest BCUT2D eigenvalue weighted by molar-refractivity contribution is 7.92. The van der Waals surface area contributed by atoms with E-state index in [1.165, 1.54) is 29.2 Å². The van der Waals surface area contributed by atoms with Crippen molar-refractivity contribution in [3.05, 3.63) is 94.0 Å². The minimum absolute atomic E-state index is 0.000665. The van der Waals surface area contributed by atoms with Crippen molar-refractivity contribution in [2.24, 2.45) is 0 Å². The lowest BCUT2D eigenvalue weighted by Gasteiger charge is -2.33. The van der Waals surface area contributed by atoms with E-state index in [1.807, 2.05) is 51.1 Å². The molecule has 10 heteroatoms. The molecule has 3 aromatic carbocycles. The zero-order valence-corrected chi connectivity index (χ0v) is 24.6. The largest absolute Gasteiger partial charge is 0.354 e. The van der Waals surface area contributed by atoms with Crippen molar-refractivity contribution in [3.8, 4) is 0 Å². The van der Waals surface area contributed by atoms with Crippen molar-refractivity contribution in [1.29, 1.82) is 0 Å². The Hall–Kier alpha value is -3.07. The summed E-state index contributed by atoms with van der Waals surface area (Å²) in [5.74, 6) is -0.846. The maximum Gasteiger partial charge on any atom is 0.264 e. The van der Waals surface area contributed by atoms with E-state index in [1.54, 1.807) is 18.2 Å². The lowest BCUT2D eigenvalue weighted by molar-refractivity contribution is -0.140. The topological polar surface area (TPSA) is 86.8 Å². The van der Waals surface area contributed by atoms with Gasteiger partial charge in [0, 0.05) is 18.1 Å². The average molecular weight is 591 g/mol. The van der Waals surface area contributed by atoms with Gasteiger partial charge in [0.2, 0.25) is 11.8 Å². The second-order valence-corrected chi connectivity index (χ2v) is 11.8. The average Bonchev–Trinajstić information content (AvgIpc) is 2.92. The molecule has 0 aliphatic heterocycles. The Bertz CT molecular complexity index is 1380. The first-order valence-electron chi connectivity index (χ1n) is 12.7. The number of hydrogen-bond donors (Lipinski definition) is 1. The Morgan fingerprint density at radius 3 is 2.23 bits per heavy atom. The quantitative estimate of drug-likeness (QED) is 0.288. The molecule has 0 saturated heterocycles. The summed E-state index contributed by atoms with van der Waals surface area (Å²) in [7, 11) is -4.24. The van der Waals surface area contributed by atoms with E-state index in [4.69, 9.17) is 23.2 Å². The molecular weight excluding hydrogens is 557 g/mol. The standard InChI is InChI=1S/C29H33Cl2N3O4S/c1-4-17-32-29(36)26(5-2)33(19-22-9-7-6-8-10-22)28(35)20-34(27-18-23(30)13-16-25(27)31)39(37,38)24-14-11-21(3)12-15-24/h6-16,18,26H,4-5,17,19-20H2,1-3H3,(H,32,36). The summed E-state index contributed by atoms with van der Waals surface area (Å²) in [6, 6.07) is 19.2. The van der Waals surface area contributed by atoms with E-state index in [9.17, 15) is 18.0 Å². The number of halogens is 2. The third-order valence-electron chi connectivity index (χ3n) is 6.20. The Labute approximate surface area is 240 Å². The predicted molar refractivity (Wildman–Crippen MR) is 157 cm³/mol. The number of benzene rings is 3. The normalized spacial score (nSPS) is 12.0. The summed E-state index contributed by atoms with van der Waals surface area (Å²) in [6.45, 7) is 5.61. The summed E-state index contributed by atoms with van der Waals surface area (Å²) in [6.07, 6.45) is 1.08. The molecule has 0 fully saturated rings. The first-order chi connectivity index (χ1) is 18.6. The molecule has 2 amide bonds. The maximum atomic E-state index is 14.0. The molecular formula is C29H33Cl2N3O4S. The van der Waals surface area contributed by atoms with Crippen LogP contribution in [0.15, 0.2) is 77.7 Å². The molecule has 7 nitrogen and oxygen atoms in total. The molecule has 3 rings (SSSR count). The van der Waals surface area contributed by atoms with Crippen molar-refractivity contribution in [2.75, 3.05) is 17.4 Å². The molecule has 39 heavy (non-hydrogen) atoms. The van der Waals surface area contributed by atoms with Gasteiger partial charge in [0.25, 0.3) is 10.0 Å². The lowest BCUT2D eigenvalue weighted by atomic mass is 10.1. The van der Waals surface area contributed by atoms with Crippen LogP contribution in [-0.2, 0) is 26.2 Å². The van der Waals surface area contributed by atoms with Gasteiger partial charge in [-0.15, -0.1) is 0 Å². The fourth-order valence-electron chi connectivity index (χ4n) is 4.09. The highest BCUT2D eigenvalue weighted by atomic mass is 35.5. The number of carbonyl (C=O) groups excluding carboxylic acids is 2. The first kappa shape index (κ1) is 30.5. The number of carbonyl (C=O) groups is 2. The van der Waals surface area contributed by atoms with E-state index < -0.39 is 28.5 Å². The molecule has 1 N–H and O–H groups in total. The first-order valence-corrected chi connectivity index (χ1v) is 14.9. The van der Waals surface area contributed by atoms with Gasteiger partial charge in [-0.1, -0.05) is 85.1 Å². The minimum atomic E-state index is -4.24. The summed E-state index contributed by atoms with van der Waals surface area (Å²) in [5.41, 5.74) is 1.76. The molecule has 0 bridgehead atoms. The van der Waals surface area contributed by atoms with Crippen molar-refractivity contribution < 1.29 is 18.0 Å². The van der Waals surface area contributed by atoms with Crippen LogP contribution in [0, 0.1) is 6.92 Å². The Balaban J connectivity index is 2.08. The number of amides is 2. The van der Waals surface area contributed by atoms with E-state index in [0.29, 0.717) is 13.0 Å². The number of hydrogen-bond acceptors (Lipinski definition) is 4. The zero-order chi connectivity index (χ0) is 28.6. The Morgan fingerprint density at radius 2 is 1.62 bits per heavy atom. The molecule has 0 heterocycles. The number of anilines is 1. The van der Waals surface area contributed by atoms with Crippen LogP contribution in [0.1, 0.15) is 37.8 Å². The fourth-order valence-corrected chi connectivity index (χ4v) is 5.95. The fraction of sp³-hybridized carbons (Fsp3) is 0.310. The van der Waals surface area contributed by atoms with Crippen LogP contribution in [0.5, 0.6) is 0 Å². The zero-order valence-electron chi connectivity index (χ0n) is 22.2. The van der Waals surface area contributed by atoms with E-state index in [-0.39, 0.29) is 33.1 Å². The van der Waals surface area contributed by atoms with Gasteiger partial charge in [-0.2, -0.15) is 0 Å². The molecule has 0 aliphatic rings. The lowest BCUT2D eigenvalue weighted by Crippen LogP contribution is -2.52. The van der Waals surface area contributed by atoms with Gasteiger partial charge in [0.15, 0.2) is 0 Å². The number of nitrogens with one attached hydrogen (secondary N) is 1. The number of nitrogens with zero attached hydrogens (tertiary/aromatic N) is 2. The van der Waals surface area contributed by atoms with Crippen LogP contribution in [0.2, 0.25) is 10.0 Å². The number of sulfonamides is 1. The highest BCUT2D eigenvalue weighted by Crippen LogP contribution is 2.33. The summed E-state index contributed by atoms with van der Waals surface area (Å²) in [5, 5.41) is 3.24. The van der Waals surface area contributed by atoms with Crippen LogP contribution in [0.3, 0.4) is 0 Å². The second kappa shape index (κ2) is 13.8. The van der Waals surface area contributed by atoms with Crippen molar-refractivity contribution in [1.82, 2.24) is 10.2 Å². The van der Waals surface area contributed by atoms with Crippen LogP contribution in [-0.4, -0.2) is 44.3 Å². The third-order valence-corrected chi connectivity index (χ3v) is 8.52. The van der Waals surface area contributed by atoms with Gasteiger partial charge in [-0.05, 0) is 55.7 Å². The summed E-state index contributed by atoms with van der Waals surface area (Å²) >= 11 is 12.7. The molecule has 0 aliphatic carbocycles. The van der Waals surface area contributed by atoms with Crippen molar-refractivity contribution in [3.63, 3.8) is 0 Å². The van der Waals surface area contributed by atoms with E-state index >= 15 is 0 Å². The number of rotatable bonds is 12. The van der Waals surface area contributed by atoms with Crippen LogP contribution in [0.4, 0.5) is 5.69 Å².